The molecule has 0 spiro atoms. The number of hydrogen-bond acceptors (Lipinski definition) is 2. The van der Waals surface area contributed by atoms with E-state index < -0.39 is 0 Å². The molecule has 0 saturated carbocycles. The Morgan fingerprint density at radius 3 is 3.08 bits per heavy atom. The number of hydrogen-bond donors (Lipinski definition) is 0. The molecule has 3 nitrogen and oxygen atoms in total. The molecule has 1 aliphatic carbocycles. The molecule has 0 unspecified atom stereocenters. The van der Waals surface area contributed by atoms with E-state index in [-0.39, 0.29) is 0 Å². The van der Waals surface area contributed by atoms with Crippen LogP contribution in [0.2, 0.25) is 0 Å². The molecule has 1 aromatic heterocycles. The minimum absolute atomic E-state index is 0.972. The van der Waals surface area contributed by atoms with Gasteiger partial charge in [0.05, 0.1) is 0 Å². The van der Waals surface area contributed by atoms with Crippen LogP contribution in [-0.4, -0.2) is 23.0 Å². The molecule has 70 valence electrons. The Morgan fingerprint density at radius 1 is 1.54 bits per heavy atom. The van der Waals surface area contributed by atoms with Crippen LogP contribution in [0.5, 0.6) is 0 Å². The van der Waals surface area contributed by atoms with Crippen molar-refractivity contribution in [1.29, 1.82) is 0 Å². The predicted octanol–water partition coefficient (Wildman–Crippen LogP) is 1.44. The van der Waals surface area contributed by atoms with Crippen LogP contribution >= 0.6 is 0 Å². The molecule has 0 fully saturated rings. The van der Waals surface area contributed by atoms with E-state index in [1.54, 1.807) is 7.05 Å². The van der Waals surface area contributed by atoms with Gasteiger partial charge in [-0.1, -0.05) is 0 Å². The van der Waals surface area contributed by atoms with Crippen molar-refractivity contribution in [3.8, 4) is 0 Å². The number of rotatable bonds is 2. The number of fused-ring (bicyclic) bond motifs is 1. The summed E-state index contributed by atoms with van der Waals surface area (Å²) in [6.45, 7) is 3.11. The van der Waals surface area contributed by atoms with Crippen LogP contribution in [0, 0.1) is 0 Å². The largest absolute Gasteiger partial charge is 0.294 e. The van der Waals surface area contributed by atoms with Gasteiger partial charge in [-0.05, 0) is 26.2 Å². The summed E-state index contributed by atoms with van der Waals surface area (Å²) in [5, 5.41) is 4.51. The lowest BCUT2D eigenvalue weighted by Gasteiger charge is -1.98. The molecule has 0 aromatic carbocycles. The van der Waals surface area contributed by atoms with E-state index in [1.807, 2.05) is 6.21 Å². The molecule has 0 radical (unpaired) electrons. The molecule has 0 amide bonds. The van der Waals surface area contributed by atoms with E-state index in [2.05, 4.69) is 21.7 Å². The molecule has 2 rings (SSSR count). The molecular weight excluding hydrogens is 162 g/mol. The van der Waals surface area contributed by atoms with E-state index in [1.165, 1.54) is 30.5 Å². The molecule has 3 heteroatoms. The number of aryl methyl sites for hydroxylation is 1. The topological polar surface area (TPSA) is 30.2 Å². The molecular formula is C10H15N3. The molecule has 1 heterocycles. The van der Waals surface area contributed by atoms with E-state index >= 15 is 0 Å². The van der Waals surface area contributed by atoms with Crippen molar-refractivity contribution >= 4 is 6.21 Å². The predicted molar refractivity (Wildman–Crippen MR) is 53.4 cm³/mol. The first kappa shape index (κ1) is 8.48. The smallest absolute Gasteiger partial charge is 0.106 e. The van der Waals surface area contributed by atoms with Gasteiger partial charge in [-0.15, -0.1) is 0 Å². The minimum Gasteiger partial charge on any atom is -0.294 e. The fourth-order valence-corrected chi connectivity index (χ4v) is 2.03. The highest BCUT2D eigenvalue weighted by Crippen LogP contribution is 2.24. The van der Waals surface area contributed by atoms with E-state index in [0.29, 0.717) is 0 Å². The summed E-state index contributed by atoms with van der Waals surface area (Å²) in [6, 6.07) is 0. The molecule has 0 N–H and O–H groups in total. The Balaban J connectivity index is 2.47. The maximum Gasteiger partial charge on any atom is 0.106 e. The normalized spacial score (nSPS) is 15.5. The van der Waals surface area contributed by atoms with Gasteiger partial charge in [0.1, 0.15) is 5.69 Å². The van der Waals surface area contributed by atoms with E-state index in [0.717, 1.165) is 12.2 Å². The lowest BCUT2D eigenvalue weighted by atomic mass is 10.2. The number of aliphatic imine (C=N–C) groups is 1. The Kier molecular flexibility index (Phi) is 2.17. The molecule has 0 aliphatic heterocycles. The van der Waals surface area contributed by atoms with Crippen molar-refractivity contribution in [3.63, 3.8) is 0 Å². The fraction of sp³-hybridized carbons (Fsp3) is 0.600. The average molecular weight is 177 g/mol. The standard InChI is InChI=1S/C10H15N3/c1-3-13-10-6-4-5-8(10)9(12-13)7-11-2/h7H,3-6H2,1-2H3/b11-7+. The van der Waals surface area contributed by atoms with Crippen LogP contribution in [0.15, 0.2) is 4.99 Å². The van der Waals surface area contributed by atoms with Crippen LogP contribution in [-0.2, 0) is 19.4 Å². The first-order valence-electron chi connectivity index (χ1n) is 4.87. The van der Waals surface area contributed by atoms with Crippen LogP contribution < -0.4 is 0 Å². The fourth-order valence-electron chi connectivity index (χ4n) is 2.03. The van der Waals surface area contributed by atoms with Gasteiger partial charge >= 0.3 is 0 Å². The highest BCUT2D eigenvalue weighted by atomic mass is 15.3. The van der Waals surface area contributed by atoms with Gasteiger partial charge in [-0.3, -0.25) is 9.67 Å². The van der Waals surface area contributed by atoms with Gasteiger partial charge in [-0.25, -0.2) is 0 Å². The van der Waals surface area contributed by atoms with Gasteiger partial charge in [0.15, 0.2) is 0 Å². The van der Waals surface area contributed by atoms with Crippen molar-refractivity contribution < 1.29 is 0 Å². The second-order valence-corrected chi connectivity index (χ2v) is 3.37. The van der Waals surface area contributed by atoms with E-state index in [9.17, 15) is 0 Å². The summed E-state index contributed by atoms with van der Waals surface area (Å²) in [4.78, 5) is 4.03. The summed E-state index contributed by atoms with van der Waals surface area (Å²) < 4.78 is 2.11. The van der Waals surface area contributed by atoms with Crippen LogP contribution in [0.25, 0.3) is 0 Å². The van der Waals surface area contributed by atoms with Crippen LogP contribution in [0.3, 0.4) is 0 Å². The maximum absolute atomic E-state index is 4.51. The van der Waals surface area contributed by atoms with Gasteiger partial charge in [0, 0.05) is 31.1 Å². The van der Waals surface area contributed by atoms with Gasteiger partial charge in [0.25, 0.3) is 0 Å². The van der Waals surface area contributed by atoms with Crippen molar-refractivity contribution in [2.75, 3.05) is 7.05 Å². The van der Waals surface area contributed by atoms with Crippen molar-refractivity contribution in [2.45, 2.75) is 32.7 Å². The highest BCUT2D eigenvalue weighted by Gasteiger charge is 2.20. The SMILES string of the molecule is CCn1nc(/C=N/C)c2c1CCC2. The van der Waals surface area contributed by atoms with Crippen molar-refractivity contribution in [3.05, 3.63) is 17.0 Å². The zero-order chi connectivity index (χ0) is 9.26. The second kappa shape index (κ2) is 3.32. The summed E-state index contributed by atoms with van der Waals surface area (Å²) in [6.07, 6.45) is 5.51. The molecule has 0 atom stereocenters. The minimum atomic E-state index is 0.972. The van der Waals surface area contributed by atoms with Crippen molar-refractivity contribution in [1.82, 2.24) is 9.78 Å². The number of nitrogens with zero attached hydrogens (tertiary/aromatic N) is 3. The first-order valence-corrected chi connectivity index (χ1v) is 4.87. The third-order valence-corrected chi connectivity index (χ3v) is 2.59. The van der Waals surface area contributed by atoms with Crippen LogP contribution in [0.1, 0.15) is 30.3 Å². The maximum atomic E-state index is 4.51. The lowest BCUT2D eigenvalue weighted by molar-refractivity contribution is 0.620. The van der Waals surface area contributed by atoms with E-state index in [4.69, 9.17) is 0 Å². The lowest BCUT2D eigenvalue weighted by Crippen LogP contribution is -2.01. The van der Waals surface area contributed by atoms with Gasteiger partial charge in [0.2, 0.25) is 0 Å². The quantitative estimate of drug-likeness (QED) is 0.629. The summed E-state index contributed by atoms with van der Waals surface area (Å²) in [7, 11) is 1.80. The molecule has 13 heavy (non-hydrogen) atoms. The Bertz CT molecular complexity index is 336. The Labute approximate surface area is 78.5 Å². The molecule has 0 saturated heterocycles. The van der Waals surface area contributed by atoms with Crippen molar-refractivity contribution in [2.24, 2.45) is 4.99 Å². The summed E-state index contributed by atoms with van der Waals surface area (Å²) >= 11 is 0. The molecule has 1 aromatic rings. The van der Waals surface area contributed by atoms with Crippen LogP contribution in [0.4, 0.5) is 0 Å². The zero-order valence-electron chi connectivity index (χ0n) is 8.25. The highest BCUT2D eigenvalue weighted by molar-refractivity contribution is 5.79. The Morgan fingerprint density at radius 2 is 2.38 bits per heavy atom. The van der Waals surface area contributed by atoms with Gasteiger partial charge < -0.3 is 0 Å². The first-order chi connectivity index (χ1) is 6.36. The summed E-state index contributed by atoms with van der Waals surface area (Å²) in [5.74, 6) is 0. The third kappa shape index (κ3) is 1.28. The third-order valence-electron chi connectivity index (χ3n) is 2.59. The van der Waals surface area contributed by atoms with Gasteiger partial charge in [-0.2, -0.15) is 5.10 Å². The average Bonchev–Trinajstić information content (AvgIpc) is 2.68. The summed E-state index contributed by atoms with van der Waals surface area (Å²) in [5.41, 5.74) is 3.93. The number of aromatic nitrogens is 2. The monoisotopic (exact) mass is 177 g/mol. The molecule has 0 bridgehead atoms. The Hall–Kier alpha value is -1.12. The second-order valence-electron chi connectivity index (χ2n) is 3.37. The zero-order valence-corrected chi connectivity index (χ0v) is 8.25. The molecule has 1 aliphatic rings.